The topological polar surface area (TPSA) is 17.1 Å². The van der Waals surface area contributed by atoms with Crippen molar-refractivity contribution in [1.29, 1.82) is 0 Å². The molecule has 0 atom stereocenters. The number of hydrogen-bond acceptors (Lipinski definition) is 2. The third-order valence-electron chi connectivity index (χ3n) is 1.39. The van der Waals surface area contributed by atoms with Crippen LogP contribution in [-0.2, 0) is 11.2 Å². The van der Waals surface area contributed by atoms with Crippen LogP contribution in [0.1, 0.15) is 5.56 Å². The molecule has 0 heterocycles. The normalized spacial score (nSPS) is 9.45. The average Bonchev–Trinajstić information content (AvgIpc) is 2.07. The minimum atomic E-state index is 0.827. The van der Waals surface area contributed by atoms with E-state index in [1.807, 2.05) is 18.2 Å². The van der Waals surface area contributed by atoms with Crippen LogP contribution in [0, 0.1) is 0 Å². The summed E-state index contributed by atoms with van der Waals surface area (Å²) >= 11 is 1.20. The molecule has 1 aromatic carbocycles. The first-order chi connectivity index (χ1) is 5.43. The van der Waals surface area contributed by atoms with Crippen LogP contribution in [0.3, 0.4) is 0 Å². The number of carbonyl (C=O) groups excluding carboxylic acids is 1. The van der Waals surface area contributed by atoms with Gasteiger partial charge in [-0.1, -0.05) is 42.1 Å². The Balaban J connectivity index is 2.33. The van der Waals surface area contributed by atoms with Gasteiger partial charge in [0.15, 0.2) is 0 Å². The van der Waals surface area contributed by atoms with E-state index in [1.165, 1.54) is 17.3 Å². The van der Waals surface area contributed by atoms with Crippen molar-refractivity contribution in [3.8, 4) is 0 Å². The lowest BCUT2D eigenvalue weighted by Gasteiger charge is -1.95. The highest BCUT2D eigenvalue weighted by Gasteiger charge is 1.90. The molecular weight excluding hydrogens is 156 g/mol. The third-order valence-corrected chi connectivity index (χ3v) is 1.92. The molecule has 1 nitrogen and oxygen atoms in total. The summed E-state index contributed by atoms with van der Waals surface area (Å²) < 4.78 is 0. The summed E-state index contributed by atoms with van der Waals surface area (Å²) in [6, 6.07) is 10.1. The number of hydrogen-bond donors (Lipinski definition) is 0. The number of aryl methyl sites for hydroxylation is 1. The Bertz CT molecular complexity index is 208. The molecule has 1 rings (SSSR count). The fourth-order valence-corrected chi connectivity index (χ4v) is 1.28. The van der Waals surface area contributed by atoms with Gasteiger partial charge < -0.3 is 0 Å². The molecule has 0 amide bonds. The lowest BCUT2D eigenvalue weighted by Crippen LogP contribution is -1.86. The van der Waals surface area contributed by atoms with E-state index in [2.05, 4.69) is 12.1 Å². The molecule has 57 valence electrons. The largest absolute Gasteiger partial charge is 0.277 e. The molecule has 0 aliphatic carbocycles. The highest BCUT2D eigenvalue weighted by Crippen LogP contribution is 2.03. The number of benzene rings is 1. The van der Waals surface area contributed by atoms with Gasteiger partial charge in [-0.3, -0.25) is 4.79 Å². The molecule has 0 saturated carbocycles. The predicted molar refractivity (Wildman–Crippen MR) is 48.3 cm³/mol. The van der Waals surface area contributed by atoms with Crippen LogP contribution >= 0.6 is 11.8 Å². The highest BCUT2D eigenvalue weighted by molar-refractivity contribution is 8.11. The monoisotopic (exact) mass is 165 g/mol. The molecule has 11 heavy (non-hydrogen) atoms. The van der Waals surface area contributed by atoms with E-state index in [9.17, 15) is 4.79 Å². The second-order valence-corrected chi connectivity index (χ2v) is 3.03. The van der Waals surface area contributed by atoms with E-state index in [0.717, 1.165) is 12.2 Å². The van der Waals surface area contributed by atoms with Gasteiger partial charge in [-0.25, -0.2) is 0 Å². The SMILES string of the molecule is O=[C]SCCc1ccccc1. The van der Waals surface area contributed by atoms with Gasteiger partial charge in [-0.15, -0.1) is 0 Å². The minimum Gasteiger partial charge on any atom is -0.277 e. The molecule has 1 aromatic rings. The lowest BCUT2D eigenvalue weighted by molar-refractivity contribution is 0.570. The summed E-state index contributed by atoms with van der Waals surface area (Å²) in [5.74, 6) is 0.827. The number of thioether (sulfide) groups is 1. The van der Waals surface area contributed by atoms with E-state index >= 15 is 0 Å². The van der Waals surface area contributed by atoms with Gasteiger partial charge >= 0.3 is 0 Å². The van der Waals surface area contributed by atoms with E-state index in [-0.39, 0.29) is 0 Å². The van der Waals surface area contributed by atoms with Crippen LogP contribution in [0.5, 0.6) is 0 Å². The highest BCUT2D eigenvalue weighted by atomic mass is 32.2. The summed E-state index contributed by atoms with van der Waals surface area (Å²) in [6.07, 6.45) is 0.945. The molecule has 2 heteroatoms. The summed E-state index contributed by atoms with van der Waals surface area (Å²) in [6.45, 7) is 0. The van der Waals surface area contributed by atoms with Crippen LogP contribution in [0.15, 0.2) is 30.3 Å². The molecule has 0 saturated heterocycles. The molecular formula is C9H9OS. The Morgan fingerprint density at radius 2 is 2.00 bits per heavy atom. The van der Waals surface area contributed by atoms with Gasteiger partial charge in [0.2, 0.25) is 0 Å². The standard InChI is InChI=1S/C9H9OS/c10-8-11-7-6-9-4-2-1-3-5-9/h1-5H,6-7H2. The second kappa shape index (κ2) is 4.97. The van der Waals surface area contributed by atoms with Gasteiger partial charge in [-0.05, 0) is 12.0 Å². The molecule has 0 spiro atoms. The van der Waals surface area contributed by atoms with E-state index in [1.54, 1.807) is 5.62 Å². The van der Waals surface area contributed by atoms with Gasteiger partial charge in [0.25, 0.3) is 5.62 Å². The second-order valence-electron chi connectivity index (χ2n) is 2.17. The number of rotatable bonds is 4. The zero-order chi connectivity index (χ0) is 7.94. The molecule has 0 N–H and O–H groups in total. The van der Waals surface area contributed by atoms with Gasteiger partial charge in [0.1, 0.15) is 0 Å². The molecule has 1 radical (unpaired) electrons. The summed E-state index contributed by atoms with van der Waals surface area (Å²) in [5.41, 5.74) is 3.08. The average molecular weight is 165 g/mol. The van der Waals surface area contributed by atoms with Crippen molar-refractivity contribution in [3.63, 3.8) is 0 Å². The Morgan fingerprint density at radius 3 is 2.64 bits per heavy atom. The fraction of sp³-hybridized carbons (Fsp3) is 0.222. The first kappa shape index (κ1) is 8.34. The van der Waals surface area contributed by atoms with Crippen molar-refractivity contribution in [2.45, 2.75) is 6.42 Å². The molecule has 0 aliphatic heterocycles. The Hall–Kier alpha value is -0.760. The predicted octanol–water partition coefficient (Wildman–Crippen LogP) is 2.03. The van der Waals surface area contributed by atoms with Crippen LogP contribution in [0.25, 0.3) is 0 Å². The van der Waals surface area contributed by atoms with Gasteiger partial charge in [0, 0.05) is 5.75 Å². The first-order valence-corrected chi connectivity index (χ1v) is 4.45. The van der Waals surface area contributed by atoms with Crippen LogP contribution < -0.4 is 0 Å². The maximum atomic E-state index is 9.83. The van der Waals surface area contributed by atoms with Crippen molar-refractivity contribution in [2.24, 2.45) is 0 Å². The van der Waals surface area contributed by atoms with Gasteiger partial charge in [-0.2, -0.15) is 0 Å². The van der Waals surface area contributed by atoms with E-state index < -0.39 is 0 Å². The molecule has 0 aromatic heterocycles. The van der Waals surface area contributed by atoms with Crippen molar-refractivity contribution < 1.29 is 4.79 Å². The zero-order valence-electron chi connectivity index (χ0n) is 6.12. The minimum absolute atomic E-state index is 0.827. The van der Waals surface area contributed by atoms with E-state index in [0.29, 0.717) is 0 Å². The van der Waals surface area contributed by atoms with Crippen LogP contribution in [0.2, 0.25) is 0 Å². The summed E-state index contributed by atoms with van der Waals surface area (Å²) in [4.78, 5) is 9.83. The molecule has 0 bridgehead atoms. The quantitative estimate of drug-likeness (QED) is 0.635. The van der Waals surface area contributed by atoms with Gasteiger partial charge in [0.05, 0.1) is 0 Å². The molecule has 0 unspecified atom stereocenters. The van der Waals surface area contributed by atoms with Crippen molar-refractivity contribution in [3.05, 3.63) is 35.9 Å². The fourth-order valence-electron chi connectivity index (χ4n) is 0.855. The first-order valence-electron chi connectivity index (χ1n) is 3.46. The molecule has 0 fully saturated rings. The maximum Gasteiger partial charge on any atom is 0.266 e. The smallest absolute Gasteiger partial charge is 0.266 e. The lowest BCUT2D eigenvalue weighted by atomic mass is 10.2. The van der Waals surface area contributed by atoms with Crippen molar-refractivity contribution in [1.82, 2.24) is 0 Å². The maximum absolute atomic E-state index is 9.83. The molecule has 0 aliphatic rings. The Morgan fingerprint density at radius 1 is 1.27 bits per heavy atom. The van der Waals surface area contributed by atoms with Crippen molar-refractivity contribution in [2.75, 3.05) is 5.75 Å². The third kappa shape index (κ3) is 3.23. The zero-order valence-corrected chi connectivity index (χ0v) is 6.93. The van der Waals surface area contributed by atoms with E-state index in [4.69, 9.17) is 0 Å². The summed E-state index contributed by atoms with van der Waals surface area (Å²) in [7, 11) is 0. The summed E-state index contributed by atoms with van der Waals surface area (Å²) in [5, 5.41) is 0. The van der Waals surface area contributed by atoms with Crippen LogP contribution in [0.4, 0.5) is 0 Å². The Kier molecular flexibility index (Phi) is 3.76. The van der Waals surface area contributed by atoms with Crippen LogP contribution in [-0.4, -0.2) is 11.4 Å². The van der Waals surface area contributed by atoms with Crippen molar-refractivity contribution >= 4 is 17.4 Å². The Labute approximate surface area is 70.8 Å².